The summed E-state index contributed by atoms with van der Waals surface area (Å²) in [6, 6.07) is 0. The van der Waals surface area contributed by atoms with Crippen LogP contribution in [0.3, 0.4) is 0 Å². The van der Waals surface area contributed by atoms with Crippen molar-refractivity contribution in [2.24, 2.45) is 0 Å². The molecule has 0 aromatic carbocycles. The van der Waals surface area contributed by atoms with Gasteiger partial charge in [0.05, 0.1) is 19.3 Å². The number of aromatic nitrogens is 2. The van der Waals surface area contributed by atoms with E-state index in [9.17, 15) is 5.11 Å². The fourth-order valence-corrected chi connectivity index (χ4v) is 1.97. The molecule has 0 aliphatic carbocycles. The zero-order chi connectivity index (χ0) is 15.0. The van der Waals surface area contributed by atoms with E-state index in [4.69, 9.17) is 4.74 Å². The van der Waals surface area contributed by atoms with Crippen LogP contribution in [0.1, 0.15) is 40.0 Å². The van der Waals surface area contributed by atoms with Crippen LogP contribution < -0.4 is 15.4 Å². The Morgan fingerprint density at radius 1 is 1.20 bits per heavy atom. The van der Waals surface area contributed by atoms with E-state index in [0.29, 0.717) is 17.4 Å². The van der Waals surface area contributed by atoms with Gasteiger partial charge >= 0.3 is 0 Å². The Morgan fingerprint density at radius 2 is 1.85 bits per heavy atom. The summed E-state index contributed by atoms with van der Waals surface area (Å²) in [5.74, 6) is 1.87. The van der Waals surface area contributed by atoms with Crippen LogP contribution in [-0.2, 0) is 0 Å². The zero-order valence-electron chi connectivity index (χ0n) is 12.9. The van der Waals surface area contributed by atoms with Crippen LogP contribution in [0.15, 0.2) is 6.33 Å². The largest absolute Gasteiger partial charge is 0.490 e. The van der Waals surface area contributed by atoms with Crippen LogP contribution in [0.25, 0.3) is 0 Å². The highest BCUT2D eigenvalue weighted by atomic mass is 16.5. The van der Waals surface area contributed by atoms with Crippen molar-refractivity contribution in [3.8, 4) is 5.75 Å². The molecule has 6 nitrogen and oxygen atoms in total. The minimum atomic E-state index is -0.385. The number of methoxy groups -OCH3 is 1. The Kier molecular flexibility index (Phi) is 6.51. The second kappa shape index (κ2) is 7.89. The monoisotopic (exact) mass is 282 g/mol. The first-order chi connectivity index (χ1) is 9.66. The van der Waals surface area contributed by atoms with E-state index in [1.165, 1.54) is 6.33 Å². The predicted molar refractivity (Wildman–Crippen MR) is 81.4 cm³/mol. The van der Waals surface area contributed by atoms with Crippen LogP contribution in [0.2, 0.25) is 0 Å². The molecule has 0 unspecified atom stereocenters. The maximum absolute atomic E-state index is 9.65. The van der Waals surface area contributed by atoms with Crippen LogP contribution in [0.4, 0.5) is 11.6 Å². The molecule has 0 atom stereocenters. The highest BCUT2D eigenvalue weighted by Crippen LogP contribution is 2.32. The van der Waals surface area contributed by atoms with E-state index in [1.807, 2.05) is 13.8 Å². The van der Waals surface area contributed by atoms with Crippen molar-refractivity contribution in [3.05, 3.63) is 6.33 Å². The summed E-state index contributed by atoms with van der Waals surface area (Å²) in [6.45, 7) is 7.03. The van der Waals surface area contributed by atoms with Crippen LogP contribution >= 0.6 is 0 Å². The van der Waals surface area contributed by atoms with Gasteiger partial charge in [-0.15, -0.1) is 0 Å². The number of rotatable bonds is 9. The van der Waals surface area contributed by atoms with Gasteiger partial charge in [-0.2, -0.15) is 0 Å². The van der Waals surface area contributed by atoms with Crippen molar-refractivity contribution in [1.82, 2.24) is 9.97 Å². The number of anilines is 2. The van der Waals surface area contributed by atoms with E-state index in [2.05, 4.69) is 27.5 Å². The fourth-order valence-electron chi connectivity index (χ4n) is 1.97. The van der Waals surface area contributed by atoms with Crippen molar-refractivity contribution in [2.75, 3.05) is 30.9 Å². The molecule has 0 fully saturated rings. The predicted octanol–water partition coefficient (Wildman–Crippen LogP) is 2.27. The minimum Gasteiger partial charge on any atom is -0.490 e. The molecule has 1 rings (SSSR count). The third kappa shape index (κ3) is 3.72. The van der Waals surface area contributed by atoms with Crippen LogP contribution in [0, 0.1) is 0 Å². The number of ether oxygens (including phenoxy) is 1. The molecular weight excluding hydrogens is 256 g/mol. The first-order valence-electron chi connectivity index (χ1n) is 7.18. The Hall–Kier alpha value is -1.56. The van der Waals surface area contributed by atoms with Crippen molar-refractivity contribution < 1.29 is 9.84 Å². The van der Waals surface area contributed by atoms with Crippen molar-refractivity contribution >= 4 is 11.6 Å². The SMILES string of the molecule is CCCNc1ncnc(NC(CC)(CC)CO)c1OC. The maximum atomic E-state index is 9.65. The second-order valence-electron chi connectivity index (χ2n) is 4.80. The van der Waals surface area contributed by atoms with E-state index in [1.54, 1.807) is 7.11 Å². The number of aliphatic hydroxyl groups excluding tert-OH is 1. The van der Waals surface area contributed by atoms with Gasteiger partial charge in [-0.3, -0.25) is 0 Å². The summed E-state index contributed by atoms with van der Waals surface area (Å²) in [5, 5.41) is 16.2. The normalized spacial score (nSPS) is 11.2. The minimum absolute atomic E-state index is 0.0465. The standard InChI is InChI=1S/C14H26N4O2/c1-5-8-15-12-11(20-4)13(17-10-16-12)18-14(6-2,7-3)9-19/h10,19H,5-9H2,1-4H3,(H2,15,16,17,18). The number of hydrogen-bond acceptors (Lipinski definition) is 6. The molecular formula is C14H26N4O2. The molecule has 0 saturated heterocycles. The Labute approximate surface area is 121 Å². The molecule has 0 bridgehead atoms. The zero-order valence-corrected chi connectivity index (χ0v) is 12.9. The van der Waals surface area contributed by atoms with Gasteiger partial charge in [-0.1, -0.05) is 20.8 Å². The molecule has 3 N–H and O–H groups in total. The van der Waals surface area contributed by atoms with Gasteiger partial charge in [0.1, 0.15) is 6.33 Å². The third-order valence-corrected chi connectivity index (χ3v) is 3.59. The molecule has 0 aliphatic heterocycles. The number of nitrogens with zero attached hydrogens (tertiary/aromatic N) is 2. The van der Waals surface area contributed by atoms with Crippen LogP contribution in [0.5, 0.6) is 5.75 Å². The quantitative estimate of drug-likeness (QED) is 0.645. The van der Waals surface area contributed by atoms with E-state index in [0.717, 1.165) is 25.8 Å². The maximum Gasteiger partial charge on any atom is 0.204 e. The first-order valence-corrected chi connectivity index (χ1v) is 7.18. The number of aliphatic hydroxyl groups is 1. The summed E-state index contributed by atoms with van der Waals surface area (Å²) < 4.78 is 5.42. The van der Waals surface area contributed by atoms with Gasteiger partial charge in [0.15, 0.2) is 11.6 Å². The Bertz CT molecular complexity index is 400. The molecule has 0 amide bonds. The summed E-state index contributed by atoms with van der Waals surface area (Å²) in [4.78, 5) is 8.45. The number of nitrogens with one attached hydrogen (secondary N) is 2. The molecule has 0 aliphatic rings. The lowest BCUT2D eigenvalue weighted by Gasteiger charge is -2.32. The number of hydrogen-bond donors (Lipinski definition) is 3. The Balaban J connectivity index is 3.05. The smallest absolute Gasteiger partial charge is 0.204 e. The van der Waals surface area contributed by atoms with Crippen molar-refractivity contribution in [2.45, 2.75) is 45.6 Å². The molecule has 114 valence electrons. The van der Waals surface area contributed by atoms with Gasteiger partial charge in [-0.25, -0.2) is 9.97 Å². The van der Waals surface area contributed by atoms with Crippen molar-refractivity contribution in [1.29, 1.82) is 0 Å². The lowest BCUT2D eigenvalue weighted by molar-refractivity contribution is 0.201. The highest BCUT2D eigenvalue weighted by Gasteiger charge is 2.27. The molecule has 1 heterocycles. The van der Waals surface area contributed by atoms with E-state index < -0.39 is 0 Å². The lowest BCUT2D eigenvalue weighted by atomic mass is 9.94. The fraction of sp³-hybridized carbons (Fsp3) is 0.714. The van der Waals surface area contributed by atoms with Gasteiger partial charge in [0, 0.05) is 6.54 Å². The lowest BCUT2D eigenvalue weighted by Crippen LogP contribution is -2.41. The van der Waals surface area contributed by atoms with E-state index in [-0.39, 0.29) is 12.1 Å². The Morgan fingerprint density at radius 3 is 2.35 bits per heavy atom. The van der Waals surface area contributed by atoms with Gasteiger partial charge in [-0.05, 0) is 19.3 Å². The average molecular weight is 282 g/mol. The summed E-state index contributed by atoms with van der Waals surface area (Å²) in [5.41, 5.74) is -0.385. The molecule has 6 heteroatoms. The second-order valence-corrected chi connectivity index (χ2v) is 4.80. The molecule has 20 heavy (non-hydrogen) atoms. The molecule has 0 spiro atoms. The summed E-state index contributed by atoms with van der Waals surface area (Å²) in [6.07, 6.45) is 4.09. The molecule has 0 radical (unpaired) electrons. The van der Waals surface area contributed by atoms with Gasteiger partial charge < -0.3 is 20.5 Å². The van der Waals surface area contributed by atoms with Crippen LogP contribution in [-0.4, -0.2) is 40.9 Å². The van der Waals surface area contributed by atoms with Gasteiger partial charge in [0.25, 0.3) is 0 Å². The molecule has 1 aromatic rings. The summed E-state index contributed by atoms with van der Waals surface area (Å²) >= 11 is 0. The average Bonchev–Trinajstić information content (AvgIpc) is 2.50. The van der Waals surface area contributed by atoms with Crippen molar-refractivity contribution in [3.63, 3.8) is 0 Å². The highest BCUT2D eigenvalue weighted by molar-refractivity contribution is 5.64. The topological polar surface area (TPSA) is 79.3 Å². The third-order valence-electron chi connectivity index (χ3n) is 3.59. The molecule has 0 saturated carbocycles. The summed E-state index contributed by atoms with van der Waals surface area (Å²) in [7, 11) is 1.60. The van der Waals surface area contributed by atoms with E-state index >= 15 is 0 Å². The first kappa shape index (κ1) is 16.5. The molecule has 1 aromatic heterocycles. The van der Waals surface area contributed by atoms with Gasteiger partial charge in [0.2, 0.25) is 5.75 Å².